The van der Waals surface area contributed by atoms with E-state index in [0.29, 0.717) is 22.5 Å². The maximum Gasteiger partial charge on any atom is 0.427 e. The second kappa shape index (κ2) is 7.31. The monoisotopic (exact) mass is 409 g/mol. The van der Waals surface area contributed by atoms with Crippen molar-refractivity contribution < 1.29 is 22.4 Å². The fraction of sp³-hybridized carbons (Fsp3) is 0.263. The van der Waals surface area contributed by atoms with Crippen molar-refractivity contribution in [2.75, 3.05) is 12.4 Å². The Bertz CT molecular complexity index is 1070. The van der Waals surface area contributed by atoms with Gasteiger partial charge in [-0.05, 0) is 25.0 Å². The van der Waals surface area contributed by atoms with Gasteiger partial charge in [0.25, 0.3) is 0 Å². The quantitative estimate of drug-likeness (QED) is 0.629. The Morgan fingerprint density at radius 2 is 2.04 bits per heavy atom. The van der Waals surface area contributed by atoms with Gasteiger partial charge in [-0.25, -0.2) is 4.98 Å². The van der Waals surface area contributed by atoms with Gasteiger partial charge in [-0.15, -0.1) is 0 Å². The van der Waals surface area contributed by atoms with Gasteiger partial charge >= 0.3 is 6.18 Å². The van der Waals surface area contributed by atoms with Crippen molar-refractivity contribution in [3.05, 3.63) is 52.2 Å². The van der Waals surface area contributed by atoms with Crippen LogP contribution in [0.25, 0.3) is 16.7 Å². The number of fused-ring (bicyclic) bond motifs is 1. The predicted molar refractivity (Wildman–Crippen MR) is 103 cm³/mol. The molecule has 0 unspecified atom stereocenters. The molecule has 2 N–H and O–H groups in total. The lowest BCUT2D eigenvalue weighted by molar-refractivity contribution is -0.134. The van der Waals surface area contributed by atoms with Crippen molar-refractivity contribution in [2.45, 2.75) is 26.4 Å². The summed E-state index contributed by atoms with van der Waals surface area (Å²) in [6, 6.07) is 3.80. The zero-order valence-electron chi connectivity index (χ0n) is 15.5. The minimum Gasteiger partial charge on any atom is -0.464 e. The third kappa shape index (κ3) is 3.75. The van der Waals surface area contributed by atoms with E-state index in [0.717, 1.165) is 16.5 Å². The van der Waals surface area contributed by atoms with Crippen molar-refractivity contribution in [3.63, 3.8) is 0 Å². The van der Waals surface area contributed by atoms with Crippen LogP contribution in [0.3, 0.4) is 0 Å². The molecular formula is C19H18F3N3O2S. The number of carbonyl (C=O) groups excluding carboxylic acids is 1. The summed E-state index contributed by atoms with van der Waals surface area (Å²) in [4.78, 5) is 15.4. The molecule has 0 aliphatic rings. The lowest BCUT2D eigenvalue weighted by atomic mass is 10.0. The fourth-order valence-corrected chi connectivity index (χ4v) is 3.63. The highest BCUT2D eigenvalue weighted by Crippen LogP contribution is 2.40. The molecule has 0 atom stereocenters. The average Bonchev–Trinajstić information content (AvgIpc) is 3.22. The largest absolute Gasteiger partial charge is 0.464 e. The highest BCUT2D eigenvalue weighted by atomic mass is 32.1. The molecule has 0 saturated carbocycles. The highest BCUT2D eigenvalue weighted by molar-refractivity contribution is 7.16. The summed E-state index contributed by atoms with van der Waals surface area (Å²) in [7, 11) is 1.45. The molecule has 0 fully saturated rings. The number of halogens is 3. The SMILES string of the molecule is C=C(NC)c1nc(NC(=O)Cc2coc3c(C)c(C)ccc23)sc1C(F)(F)F. The molecular weight excluding hydrogens is 391 g/mol. The fourth-order valence-electron chi connectivity index (χ4n) is 2.75. The molecule has 3 rings (SSSR count). The van der Waals surface area contributed by atoms with E-state index in [-0.39, 0.29) is 22.9 Å². The summed E-state index contributed by atoms with van der Waals surface area (Å²) >= 11 is 0.367. The van der Waals surface area contributed by atoms with E-state index < -0.39 is 17.0 Å². The molecule has 5 nitrogen and oxygen atoms in total. The van der Waals surface area contributed by atoms with Crippen LogP contribution in [-0.4, -0.2) is 17.9 Å². The molecule has 2 aromatic heterocycles. The molecule has 1 amide bonds. The van der Waals surface area contributed by atoms with Crippen molar-refractivity contribution in [3.8, 4) is 0 Å². The first kappa shape index (κ1) is 19.9. The van der Waals surface area contributed by atoms with Crippen molar-refractivity contribution >= 4 is 39.0 Å². The van der Waals surface area contributed by atoms with Crippen molar-refractivity contribution in [1.29, 1.82) is 0 Å². The molecule has 28 heavy (non-hydrogen) atoms. The Kier molecular flexibility index (Phi) is 5.20. The van der Waals surface area contributed by atoms with Crippen LogP contribution in [-0.2, 0) is 17.4 Å². The number of thiazole rings is 1. The van der Waals surface area contributed by atoms with E-state index in [1.165, 1.54) is 13.3 Å². The van der Waals surface area contributed by atoms with Gasteiger partial charge in [-0.1, -0.05) is 30.0 Å². The Hall–Kier alpha value is -2.81. The number of furan rings is 1. The van der Waals surface area contributed by atoms with E-state index in [9.17, 15) is 18.0 Å². The Morgan fingerprint density at radius 3 is 2.68 bits per heavy atom. The van der Waals surface area contributed by atoms with Crippen LogP contribution in [0.1, 0.15) is 27.3 Å². The summed E-state index contributed by atoms with van der Waals surface area (Å²) in [5, 5.41) is 5.66. The third-order valence-electron chi connectivity index (χ3n) is 4.41. The van der Waals surface area contributed by atoms with Crippen LogP contribution in [0.4, 0.5) is 18.3 Å². The summed E-state index contributed by atoms with van der Waals surface area (Å²) < 4.78 is 45.2. The highest BCUT2D eigenvalue weighted by Gasteiger charge is 2.38. The number of rotatable bonds is 5. The Morgan fingerprint density at radius 1 is 1.32 bits per heavy atom. The molecule has 9 heteroatoms. The zero-order valence-corrected chi connectivity index (χ0v) is 16.3. The number of hydrogen-bond acceptors (Lipinski definition) is 5. The maximum atomic E-state index is 13.2. The number of nitrogens with one attached hydrogen (secondary N) is 2. The molecule has 1 aromatic carbocycles. The van der Waals surface area contributed by atoms with E-state index >= 15 is 0 Å². The molecule has 0 aliphatic carbocycles. The van der Waals surface area contributed by atoms with Crippen LogP contribution in [0.5, 0.6) is 0 Å². The van der Waals surface area contributed by atoms with Gasteiger partial charge in [0.15, 0.2) is 5.13 Å². The van der Waals surface area contributed by atoms with Crippen LogP contribution in [0, 0.1) is 13.8 Å². The number of amides is 1. The van der Waals surface area contributed by atoms with Gasteiger partial charge in [-0.3, -0.25) is 4.79 Å². The third-order valence-corrected chi connectivity index (χ3v) is 5.43. The molecule has 0 spiro atoms. The number of carbonyl (C=O) groups is 1. The second-order valence-electron chi connectivity index (χ2n) is 6.29. The second-order valence-corrected chi connectivity index (χ2v) is 7.29. The molecule has 0 radical (unpaired) electrons. The van der Waals surface area contributed by atoms with Gasteiger partial charge in [0, 0.05) is 18.0 Å². The van der Waals surface area contributed by atoms with E-state index in [1.807, 2.05) is 26.0 Å². The maximum absolute atomic E-state index is 13.2. The number of aryl methyl sites for hydroxylation is 2. The van der Waals surface area contributed by atoms with Gasteiger partial charge in [0.2, 0.25) is 5.91 Å². The van der Waals surface area contributed by atoms with Gasteiger partial charge < -0.3 is 15.1 Å². The molecule has 3 aromatic rings. The number of benzene rings is 1. The smallest absolute Gasteiger partial charge is 0.427 e. The Balaban J connectivity index is 1.83. The van der Waals surface area contributed by atoms with Crippen LogP contribution >= 0.6 is 11.3 Å². The molecule has 2 heterocycles. The van der Waals surface area contributed by atoms with E-state index in [2.05, 4.69) is 22.2 Å². The minimum absolute atomic E-state index is 0.0238. The first-order chi connectivity index (χ1) is 13.1. The number of alkyl halides is 3. The summed E-state index contributed by atoms with van der Waals surface area (Å²) in [5.74, 6) is -0.481. The summed E-state index contributed by atoms with van der Waals surface area (Å²) in [6.45, 7) is 7.41. The summed E-state index contributed by atoms with van der Waals surface area (Å²) in [6.07, 6.45) is -3.14. The first-order valence-electron chi connectivity index (χ1n) is 8.33. The van der Waals surface area contributed by atoms with Gasteiger partial charge in [0.05, 0.1) is 18.4 Å². The average molecular weight is 409 g/mol. The number of nitrogens with zero attached hydrogens (tertiary/aromatic N) is 1. The Labute approximate surface area is 163 Å². The lowest BCUT2D eigenvalue weighted by Gasteiger charge is -2.07. The number of anilines is 1. The van der Waals surface area contributed by atoms with Crippen molar-refractivity contribution in [1.82, 2.24) is 10.3 Å². The molecule has 148 valence electrons. The zero-order chi connectivity index (χ0) is 20.6. The summed E-state index contributed by atoms with van der Waals surface area (Å²) in [5.41, 5.74) is 3.10. The molecule has 0 aliphatic heterocycles. The normalized spacial score (nSPS) is 11.6. The number of aromatic nitrogens is 1. The standard InChI is InChI=1S/C19H18F3N3O2S/c1-9-5-6-13-12(8-27-16(13)10(9)2)7-14(26)24-18-25-15(11(3)23-4)17(28-18)19(20,21)22/h5-6,8,23H,3,7H2,1-2,4H3,(H,24,25,26). The van der Waals surface area contributed by atoms with E-state index in [4.69, 9.17) is 4.42 Å². The van der Waals surface area contributed by atoms with Gasteiger partial charge in [-0.2, -0.15) is 13.2 Å². The molecule has 0 bridgehead atoms. The predicted octanol–water partition coefficient (Wildman–Crippen LogP) is 4.90. The van der Waals surface area contributed by atoms with Crippen LogP contribution in [0.2, 0.25) is 0 Å². The van der Waals surface area contributed by atoms with Crippen LogP contribution < -0.4 is 10.6 Å². The topological polar surface area (TPSA) is 67.2 Å². The number of hydrogen-bond donors (Lipinski definition) is 2. The van der Waals surface area contributed by atoms with Crippen LogP contribution in [0.15, 0.2) is 29.4 Å². The lowest BCUT2D eigenvalue weighted by Crippen LogP contribution is -2.14. The van der Waals surface area contributed by atoms with Gasteiger partial charge in [0.1, 0.15) is 16.2 Å². The first-order valence-corrected chi connectivity index (χ1v) is 9.14. The van der Waals surface area contributed by atoms with E-state index in [1.54, 1.807) is 0 Å². The molecule has 0 saturated heterocycles. The minimum atomic E-state index is -4.59. The van der Waals surface area contributed by atoms with Crippen molar-refractivity contribution in [2.24, 2.45) is 0 Å².